The molecule has 0 saturated carbocycles. The smallest absolute Gasteiger partial charge is 0.227 e. The second-order valence-corrected chi connectivity index (χ2v) is 8.23. The molecule has 0 amide bonds. The number of rotatable bonds is 6. The average molecular weight is 428 g/mol. The zero-order chi connectivity index (χ0) is 20.3. The Balaban J connectivity index is 1.33. The summed E-state index contributed by atoms with van der Waals surface area (Å²) in [6.07, 6.45) is 1.70. The summed E-state index contributed by atoms with van der Waals surface area (Å²) in [5.41, 5.74) is 2.38. The van der Waals surface area contributed by atoms with Gasteiger partial charge in [-0.05, 0) is 35.4 Å². The van der Waals surface area contributed by atoms with Crippen molar-refractivity contribution in [2.75, 3.05) is 6.61 Å². The highest BCUT2D eigenvalue weighted by Gasteiger charge is 2.26. The van der Waals surface area contributed by atoms with Crippen molar-refractivity contribution in [3.05, 3.63) is 65.0 Å². The van der Waals surface area contributed by atoms with Gasteiger partial charge in [0, 0.05) is 29.1 Å². The molecule has 1 fully saturated rings. The molecule has 0 aliphatic carbocycles. The highest BCUT2D eigenvalue weighted by molar-refractivity contribution is 7.98. The number of tetrazole rings is 1. The van der Waals surface area contributed by atoms with Gasteiger partial charge in [-0.1, -0.05) is 42.1 Å². The first-order valence-electron chi connectivity index (χ1n) is 9.91. The Morgan fingerprint density at radius 2 is 2.07 bits per heavy atom. The molecule has 9 heteroatoms. The summed E-state index contributed by atoms with van der Waals surface area (Å²) >= 11 is 1.45. The molecule has 1 aromatic heterocycles. The van der Waals surface area contributed by atoms with Crippen molar-refractivity contribution in [3.8, 4) is 5.75 Å². The van der Waals surface area contributed by atoms with Crippen molar-refractivity contribution in [3.63, 3.8) is 0 Å². The monoisotopic (exact) mass is 428 g/mol. The topological polar surface area (TPSA) is 71.3 Å². The van der Waals surface area contributed by atoms with Crippen LogP contribution in [0.1, 0.15) is 35.8 Å². The van der Waals surface area contributed by atoms with Crippen LogP contribution in [0.2, 0.25) is 0 Å². The third kappa shape index (κ3) is 4.19. The van der Waals surface area contributed by atoms with Crippen molar-refractivity contribution in [2.24, 2.45) is 0 Å². The zero-order valence-corrected chi connectivity index (χ0v) is 17.1. The van der Waals surface area contributed by atoms with Crippen LogP contribution in [0, 0.1) is 5.82 Å². The van der Waals surface area contributed by atoms with Crippen molar-refractivity contribution in [2.45, 2.75) is 49.3 Å². The van der Waals surface area contributed by atoms with Crippen LogP contribution in [-0.2, 0) is 28.4 Å². The van der Waals surface area contributed by atoms with E-state index in [9.17, 15) is 4.39 Å². The van der Waals surface area contributed by atoms with Gasteiger partial charge in [-0.25, -0.2) is 9.07 Å². The van der Waals surface area contributed by atoms with E-state index in [0.717, 1.165) is 30.6 Å². The fourth-order valence-electron chi connectivity index (χ4n) is 3.70. The molecule has 156 valence electrons. The van der Waals surface area contributed by atoms with Crippen LogP contribution < -0.4 is 4.74 Å². The molecule has 2 aliphatic rings. The van der Waals surface area contributed by atoms with Crippen molar-refractivity contribution >= 4 is 11.8 Å². The Morgan fingerprint density at radius 1 is 1.17 bits per heavy atom. The van der Waals surface area contributed by atoms with Crippen molar-refractivity contribution in [1.82, 2.24) is 20.2 Å². The molecule has 2 atom stereocenters. The summed E-state index contributed by atoms with van der Waals surface area (Å²) in [5.74, 6) is 0.837. The normalized spacial score (nSPS) is 20.7. The van der Waals surface area contributed by atoms with Gasteiger partial charge < -0.3 is 14.2 Å². The van der Waals surface area contributed by atoms with Gasteiger partial charge in [-0.2, -0.15) is 0 Å². The second-order valence-electron chi connectivity index (χ2n) is 7.29. The SMILES string of the molecule is Fc1cc2c(c(CSc3nnnn3C[C@@H]3CCCO3)c1)O[C@@H](c1ccccc1)OC2. The molecule has 7 nitrogen and oxygen atoms in total. The van der Waals surface area contributed by atoms with Gasteiger partial charge in [0.1, 0.15) is 11.6 Å². The number of hydrogen-bond donors (Lipinski definition) is 0. The quantitative estimate of drug-likeness (QED) is 0.552. The standard InChI is InChI=1S/C21H21FN4O3S/c22-17-9-15-12-28-20(14-5-2-1-3-6-14)29-19(15)16(10-17)13-30-21-23-24-25-26(21)11-18-7-4-8-27-18/h1-3,5-6,9-10,18,20H,4,7-8,11-13H2/t18-,20-/m0/s1. The molecule has 1 saturated heterocycles. The minimum absolute atomic E-state index is 0.141. The predicted molar refractivity (Wildman–Crippen MR) is 107 cm³/mol. The van der Waals surface area contributed by atoms with Crippen LogP contribution in [0.15, 0.2) is 47.6 Å². The van der Waals surface area contributed by atoms with Gasteiger partial charge in [-0.15, -0.1) is 5.10 Å². The maximum Gasteiger partial charge on any atom is 0.227 e. The number of hydrogen-bond acceptors (Lipinski definition) is 7. The first-order valence-corrected chi connectivity index (χ1v) is 10.9. The molecule has 5 rings (SSSR count). The Bertz CT molecular complexity index is 1010. The number of aromatic nitrogens is 4. The lowest BCUT2D eigenvalue weighted by Crippen LogP contribution is -2.19. The Labute approximate surface area is 177 Å². The third-order valence-corrected chi connectivity index (χ3v) is 6.16. The number of thioether (sulfide) groups is 1. The summed E-state index contributed by atoms with van der Waals surface area (Å²) in [6, 6.07) is 12.7. The molecular formula is C21H21FN4O3S. The van der Waals surface area contributed by atoms with Crippen LogP contribution in [0.3, 0.4) is 0 Å². The molecule has 2 aromatic carbocycles. The maximum absolute atomic E-state index is 14.2. The number of nitrogens with zero attached hydrogens (tertiary/aromatic N) is 4. The second kappa shape index (κ2) is 8.71. The predicted octanol–water partition coefficient (Wildman–Crippen LogP) is 3.89. The van der Waals surface area contributed by atoms with Crippen LogP contribution in [0.25, 0.3) is 0 Å². The van der Waals surface area contributed by atoms with E-state index >= 15 is 0 Å². The number of fused-ring (bicyclic) bond motifs is 1. The fraction of sp³-hybridized carbons (Fsp3) is 0.381. The largest absolute Gasteiger partial charge is 0.460 e. The van der Waals surface area contributed by atoms with Crippen LogP contribution in [-0.4, -0.2) is 32.9 Å². The van der Waals surface area contributed by atoms with Gasteiger partial charge in [0.2, 0.25) is 11.4 Å². The minimum atomic E-state index is -0.516. The van der Waals surface area contributed by atoms with E-state index in [4.69, 9.17) is 14.2 Å². The van der Waals surface area contributed by atoms with Gasteiger partial charge in [-0.3, -0.25) is 0 Å². The summed E-state index contributed by atoms with van der Waals surface area (Å²) in [7, 11) is 0. The fourth-order valence-corrected chi connectivity index (χ4v) is 4.55. The average Bonchev–Trinajstić information content (AvgIpc) is 3.45. The number of ether oxygens (including phenoxy) is 3. The number of benzene rings is 2. The summed E-state index contributed by atoms with van der Waals surface area (Å²) in [6.45, 7) is 1.70. The highest BCUT2D eigenvalue weighted by atomic mass is 32.2. The maximum atomic E-state index is 14.2. The molecule has 2 aliphatic heterocycles. The minimum Gasteiger partial charge on any atom is -0.460 e. The van der Waals surface area contributed by atoms with Crippen LogP contribution in [0.4, 0.5) is 4.39 Å². The van der Waals surface area contributed by atoms with E-state index in [2.05, 4.69) is 15.5 Å². The van der Waals surface area contributed by atoms with E-state index in [1.165, 1.54) is 23.9 Å². The number of halogens is 1. The zero-order valence-electron chi connectivity index (χ0n) is 16.2. The molecule has 30 heavy (non-hydrogen) atoms. The van der Waals surface area contributed by atoms with E-state index in [1.54, 1.807) is 4.68 Å². The molecule has 0 spiro atoms. The van der Waals surface area contributed by atoms with Gasteiger partial charge in [0.05, 0.1) is 19.3 Å². The summed E-state index contributed by atoms with van der Waals surface area (Å²) < 4.78 is 33.6. The molecule has 0 unspecified atom stereocenters. The first kappa shape index (κ1) is 19.5. The van der Waals surface area contributed by atoms with E-state index in [-0.39, 0.29) is 11.9 Å². The van der Waals surface area contributed by atoms with E-state index in [1.807, 2.05) is 30.3 Å². The molecule has 0 radical (unpaired) electrons. The lowest BCUT2D eigenvalue weighted by atomic mass is 10.1. The lowest BCUT2D eigenvalue weighted by Gasteiger charge is -2.28. The Hall–Kier alpha value is -2.49. The Morgan fingerprint density at radius 3 is 2.90 bits per heavy atom. The summed E-state index contributed by atoms with van der Waals surface area (Å²) in [5, 5.41) is 12.7. The molecular weight excluding hydrogens is 407 g/mol. The lowest BCUT2D eigenvalue weighted by molar-refractivity contribution is -0.112. The highest BCUT2D eigenvalue weighted by Crippen LogP contribution is 2.38. The first-order chi connectivity index (χ1) is 14.8. The molecule has 0 N–H and O–H groups in total. The third-order valence-electron chi connectivity index (χ3n) is 5.15. The van der Waals surface area contributed by atoms with E-state index < -0.39 is 6.29 Å². The van der Waals surface area contributed by atoms with Crippen LogP contribution >= 0.6 is 11.8 Å². The Kier molecular flexibility index (Phi) is 5.65. The molecule has 3 aromatic rings. The van der Waals surface area contributed by atoms with E-state index in [0.29, 0.717) is 35.4 Å². The summed E-state index contributed by atoms with van der Waals surface area (Å²) in [4.78, 5) is 0. The van der Waals surface area contributed by atoms with Gasteiger partial charge in [0.15, 0.2) is 0 Å². The van der Waals surface area contributed by atoms with Crippen LogP contribution in [0.5, 0.6) is 5.75 Å². The van der Waals surface area contributed by atoms with Gasteiger partial charge in [0.25, 0.3) is 0 Å². The van der Waals surface area contributed by atoms with Crippen molar-refractivity contribution in [1.29, 1.82) is 0 Å². The molecule has 0 bridgehead atoms. The molecule has 3 heterocycles. The van der Waals surface area contributed by atoms with Gasteiger partial charge >= 0.3 is 0 Å². The van der Waals surface area contributed by atoms with Crippen molar-refractivity contribution < 1.29 is 18.6 Å².